The zero-order valence-corrected chi connectivity index (χ0v) is 10.3. The van der Waals surface area contributed by atoms with Crippen LogP contribution in [0, 0.1) is 0 Å². The Bertz CT molecular complexity index is 579. The number of hydrogen-bond acceptors (Lipinski definition) is 3. The molecule has 0 aliphatic heterocycles. The van der Waals surface area contributed by atoms with Gasteiger partial charge in [0.15, 0.2) is 0 Å². The van der Waals surface area contributed by atoms with Crippen LogP contribution >= 0.6 is 11.3 Å². The molecule has 0 aliphatic rings. The van der Waals surface area contributed by atoms with Gasteiger partial charge in [0.2, 0.25) is 0 Å². The molecule has 2 aromatic heterocycles. The summed E-state index contributed by atoms with van der Waals surface area (Å²) in [5.74, 6) is 0. The van der Waals surface area contributed by atoms with Crippen molar-refractivity contribution in [1.82, 2.24) is 5.32 Å². The summed E-state index contributed by atoms with van der Waals surface area (Å²) in [4.78, 5) is 1.31. The lowest BCUT2D eigenvalue weighted by Gasteiger charge is -2.11. The van der Waals surface area contributed by atoms with Crippen LogP contribution in [0.15, 0.2) is 53.3 Å². The highest BCUT2D eigenvalue weighted by atomic mass is 32.1. The van der Waals surface area contributed by atoms with Gasteiger partial charge in [0, 0.05) is 15.1 Å². The van der Waals surface area contributed by atoms with Crippen molar-refractivity contribution >= 4 is 21.4 Å². The Morgan fingerprint density at radius 2 is 2.12 bits per heavy atom. The summed E-state index contributed by atoms with van der Waals surface area (Å²) in [5.41, 5.74) is 1.17. The van der Waals surface area contributed by atoms with Crippen molar-refractivity contribution in [3.8, 4) is 0 Å². The summed E-state index contributed by atoms with van der Waals surface area (Å²) in [5, 5.41) is 4.63. The third kappa shape index (κ3) is 1.88. The molecule has 3 rings (SSSR count). The predicted octanol–water partition coefficient (Wildman–Crippen LogP) is 3.80. The van der Waals surface area contributed by atoms with Gasteiger partial charge in [-0.15, -0.1) is 11.3 Å². The fraction of sp³-hybridized carbons (Fsp3) is 0.143. The van der Waals surface area contributed by atoms with Crippen molar-refractivity contribution in [1.29, 1.82) is 0 Å². The minimum atomic E-state index is 0.214. The van der Waals surface area contributed by atoms with Crippen molar-refractivity contribution in [3.63, 3.8) is 0 Å². The van der Waals surface area contributed by atoms with Crippen LogP contribution in [0.4, 0.5) is 0 Å². The highest BCUT2D eigenvalue weighted by Crippen LogP contribution is 2.32. The van der Waals surface area contributed by atoms with Crippen LogP contribution in [-0.4, -0.2) is 7.05 Å². The molecule has 0 spiro atoms. The van der Waals surface area contributed by atoms with E-state index in [2.05, 4.69) is 35.6 Å². The summed E-state index contributed by atoms with van der Waals surface area (Å²) in [7, 11) is 1.97. The van der Waals surface area contributed by atoms with Crippen molar-refractivity contribution in [3.05, 3.63) is 59.4 Å². The molecule has 0 fully saturated rings. The number of hydrogen-bond donors (Lipinski definition) is 1. The Morgan fingerprint density at radius 1 is 1.24 bits per heavy atom. The van der Waals surface area contributed by atoms with Gasteiger partial charge in [-0.25, -0.2) is 0 Å². The van der Waals surface area contributed by atoms with Gasteiger partial charge >= 0.3 is 0 Å². The largest absolute Gasteiger partial charge is 0.472 e. The third-order valence-corrected chi connectivity index (χ3v) is 4.08. The lowest BCUT2D eigenvalue weighted by atomic mass is 10.1. The number of fused-ring (bicyclic) bond motifs is 1. The molecule has 0 radical (unpaired) electrons. The highest BCUT2D eigenvalue weighted by Gasteiger charge is 2.15. The Balaban J connectivity index is 2.07. The zero-order chi connectivity index (χ0) is 11.7. The maximum Gasteiger partial charge on any atom is 0.0954 e. The monoisotopic (exact) mass is 243 g/mol. The van der Waals surface area contributed by atoms with Gasteiger partial charge in [-0.1, -0.05) is 18.2 Å². The maximum absolute atomic E-state index is 5.16. The molecule has 17 heavy (non-hydrogen) atoms. The van der Waals surface area contributed by atoms with Gasteiger partial charge in [0.05, 0.1) is 18.6 Å². The SMILES string of the molecule is CNC(c1ccoc1)c1cc2ccccc2s1. The molecule has 1 atom stereocenters. The molecule has 1 aromatic carbocycles. The molecule has 2 nitrogen and oxygen atoms in total. The van der Waals surface area contributed by atoms with Gasteiger partial charge in [-0.3, -0.25) is 0 Å². The summed E-state index contributed by atoms with van der Waals surface area (Å²) in [6.45, 7) is 0. The van der Waals surface area contributed by atoms with E-state index in [1.165, 1.54) is 20.5 Å². The standard InChI is InChI=1S/C14H13NOS/c1-15-14(11-6-7-16-9-11)13-8-10-4-2-3-5-12(10)17-13/h2-9,14-15H,1H3. The van der Waals surface area contributed by atoms with Gasteiger partial charge in [-0.2, -0.15) is 0 Å². The van der Waals surface area contributed by atoms with E-state index in [0.29, 0.717) is 0 Å². The Kier molecular flexibility index (Phi) is 2.71. The van der Waals surface area contributed by atoms with Crippen LogP contribution in [0.2, 0.25) is 0 Å². The molecule has 0 saturated heterocycles. The number of benzene rings is 1. The van der Waals surface area contributed by atoms with E-state index >= 15 is 0 Å². The number of nitrogens with one attached hydrogen (secondary N) is 1. The first-order valence-electron chi connectivity index (χ1n) is 5.56. The first-order valence-corrected chi connectivity index (χ1v) is 6.38. The van der Waals surface area contributed by atoms with E-state index in [1.807, 2.05) is 24.5 Å². The van der Waals surface area contributed by atoms with Crippen LogP contribution in [0.3, 0.4) is 0 Å². The molecule has 0 amide bonds. The molecule has 2 heterocycles. The zero-order valence-electron chi connectivity index (χ0n) is 9.51. The van der Waals surface area contributed by atoms with Gasteiger partial charge in [-0.05, 0) is 30.6 Å². The molecule has 0 bridgehead atoms. The fourth-order valence-corrected chi connectivity index (χ4v) is 3.26. The molecule has 3 heteroatoms. The first kappa shape index (κ1) is 10.6. The summed E-state index contributed by atoms with van der Waals surface area (Å²) in [6.07, 6.45) is 3.51. The van der Waals surface area contributed by atoms with Crippen LogP contribution < -0.4 is 5.32 Å². The van der Waals surface area contributed by atoms with Crippen LogP contribution in [0.25, 0.3) is 10.1 Å². The Labute approximate surface area is 104 Å². The smallest absolute Gasteiger partial charge is 0.0954 e. The van der Waals surface area contributed by atoms with Crippen molar-refractivity contribution in [2.75, 3.05) is 7.05 Å². The second-order valence-corrected chi connectivity index (χ2v) is 5.08. The molecular formula is C14H13NOS. The minimum absolute atomic E-state index is 0.214. The minimum Gasteiger partial charge on any atom is -0.472 e. The van der Waals surface area contributed by atoms with Gasteiger partial charge in [0.25, 0.3) is 0 Å². The number of furan rings is 1. The summed E-state index contributed by atoms with van der Waals surface area (Å²) in [6, 6.07) is 12.9. The van der Waals surface area contributed by atoms with E-state index in [4.69, 9.17) is 4.42 Å². The van der Waals surface area contributed by atoms with Crippen molar-refractivity contribution < 1.29 is 4.42 Å². The normalized spacial score (nSPS) is 13.0. The predicted molar refractivity (Wildman–Crippen MR) is 71.4 cm³/mol. The van der Waals surface area contributed by atoms with Crippen LogP contribution in [-0.2, 0) is 0 Å². The summed E-state index contributed by atoms with van der Waals surface area (Å²) < 4.78 is 6.48. The fourth-order valence-electron chi connectivity index (χ4n) is 2.06. The lowest BCUT2D eigenvalue weighted by Crippen LogP contribution is -2.15. The van der Waals surface area contributed by atoms with Gasteiger partial charge < -0.3 is 9.73 Å². The molecule has 3 aromatic rings. The molecule has 0 aliphatic carbocycles. The first-order chi connectivity index (χ1) is 8.38. The highest BCUT2D eigenvalue weighted by molar-refractivity contribution is 7.19. The molecule has 1 unspecified atom stereocenters. The molecule has 1 N–H and O–H groups in total. The van der Waals surface area contributed by atoms with E-state index in [-0.39, 0.29) is 6.04 Å². The van der Waals surface area contributed by atoms with Crippen LogP contribution in [0.5, 0.6) is 0 Å². The van der Waals surface area contributed by atoms with E-state index in [1.54, 1.807) is 12.5 Å². The third-order valence-electron chi connectivity index (χ3n) is 2.89. The topological polar surface area (TPSA) is 25.2 Å². The van der Waals surface area contributed by atoms with Crippen molar-refractivity contribution in [2.45, 2.75) is 6.04 Å². The molecular weight excluding hydrogens is 230 g/mol. The van der Waals surface area contributed by atoms with E-state index in [0.717, 1.165) is 0 Å². The summed E-state index contributed by atoms with van der Waals surface area (Å²) >= 11 is 1.82. The second-order valence-electron chi connectivity index (χ2n) is 3.96. The second kappa shape index (κ2) is 4.35. The number of rotatable bonds is 3. The Morgan fingerprint density at radius 3 is 2.82 bits per heavy atom. The molecule has 86 valence electrons. The average Bonchev–Trinajstić information content (AvgIpc) is 2.98. The van der Waals surface area contributed by atoms with Gasteiger partial charge in [0.1, 0.15) is 0 Å². The number of thiophene rings is 1. The van der Waals surface area contributed by atoms with Crippen LogP contribution in [0.1, 0.15) is 16.5 Å². The lowest BCUT2D eigenvalue weighted by molar-refractivity contribution is 0.558. The maximum atomic E-state index is 5.16. The Hall–Kier alpha value is -1.58. The average molecular weight is 243 g/mol. The quantitative estimate of drug-likeness (QED) is 0.757. The van der Waals surface area contributed by atoms with E-state index < -0.39 is 0 Å². The molecule has 0 saturated carbocycles. The van der Waals surface area contributed by atoms with Crippen molar-refractivity contribution in [2.24, 2.45) is 0 Å². The van der Waals surface area contributed by atoms with E-state index in [9.17, 15) is 0 Å².